The molecular weight excluding hydrogens is 321 g/mol. The average molecular weight is 339 g/mol. The minimum absolute atomic E-state index is 0.139. The van der Waals surface area contributed by atoms with Crippen LogP contribution in [0.4, 0.5) is 10.1 Å². The largest absolute Gasteiger partial charge is 0.339 e. The van der Waals surface area contributed by atoms with E-state index in [9.17, 15) is 9.18 Å². The van der Waals surface area contributed by atoms with E-state index in [2.05, 4.69) is 15.5 Å². The van der Waals surface area contributed by atoms with Crippen molar-refractivity contribution in [2.45, 2.75) is 26.7 Å². The van der Waals surface area contributed by atoms with Gasteiger partial charge in [0.15, 0.2) is 0 Å². The molecule has 0 aliphatic carbocycles. The molecule has 0 aliphatic rings. The Morgan fingerprint density at radius 1 is 1.16 bits per heavy atom. The van der Waals surface area contributed by atoms with Crippen molar-refractivity contribution in [2.75, 3.05) is 5.32 Å². The number of carbonyl (C=O) groups excluding carboxylic acids is 1. The number of amides is 1. The van der Waals surface area contributed by atoms with Crippen LogP contribution in [0.5, 0.6) is 0 Å². The van der Waals surface area contributed by atoms with Gasteiger partial charge in [0.05, 0.1) is 5.56 Å². The Morgan fingerprint density at radius 2 is 1.96 bits per heavy atom. The zero-order chi connectivity index (χ0) is 17.8. The van der Waals surface area contributed by atoms with Gasteiger partial charge in [-0.1, -0.05) is 29.4 Å². The molecule has 2 aromatic carbocycles. The number of nitrogens with one attached hydrogen (secondary N) is 1. The minimum atomic E-state index is -0.414. The van der Waals surface area contributed by atoms with Crippen molar-refractivity contribution in [3.8, 4) is 11.4 Å². The fourth-order valence-electron chi connectivity index (χ4n) is 2.43. The molecule has 0 radical (unpaired) electrons. The Balaban J connectivity index is 1.62. The number of halogens is 1. The van der Waals surface area contributed by atoms with Gasteiger partial charge in [-0.05, 0) is 43.2 Å². The number of aromatic nitrogens is 2. The molecule has 0 spiro atoms. The number of aryl methyl sites for hydroxylation is 2. The van der Waals surface area contributed by atoms with E-state index >= 15 is 0 Å². The summed E-state index contributed by atoms with van der Waals surface area (Å²) in [7, 11) is 0. The molecule has 0 bridgehead atoms. The van der Waals surface area contributed by atoms with Crippen molar-refractivity contribution in [2.24, 2.45) is 0 Å². The van der Waals surface area contributed by atoms with E-state index in [0.717, 1.165) is 16.8 Å². The maximum atomic E-state index is 13.7. The Morgan fingerprint density at radius 3 is 2.76 bits per heavy atom. The van der Waals surface area contributed by atoms with Crippen molar-refractivity contribution < 1.29 is 13.7 Å². The van der Waals surface area contributed by atoms with Crippen molar-refractivity contribution in [3.63, 3.8) is 0 Å². The van der Waals surface area contributed by atoms with E-state index in [4.69, 9.17) is 4.52 Å². The predicted molar refractivity (Wildman–Crippen MR) is 92.6 cm³/mol. The maximum absolute atomic E-state index is 13.7. The molecule has 1 N–H and O–H groups in total. The summed E-state index contributed by atoms with van der Waals surface area (Å²) in [6.45, 7) is 3.96. The zero-order valence-electron chi connectivity index (χ0n) is 14.0. The molecule has 128 valence electrons. The van der Waals surface area contributed by atoms with Crippen LogP contribution in [0.1, 0.15) is 23.4 Å². The summed E-state index contributed by atoms with van der Waals surface area (Å²) in [6.07, 6.45) is 0.491. The molecule has 0 saturated heterocycles. The summed E-state index contributed by atoms with van der Waals surface area (Å²) in [5.41, 5.74) is 3.22. The van der Waals surface area contributed by atoms with Crippen LogP contribution in [0, 0.1) is 19.7 Å². The fraction of sp³-hybridized carbons (Fsp3) is 0.211. The van der Waals surface area contributed by atoms with Gasteiger partial charge in [-0.3, -0.25) is 4.79 Å². The number of hydrogen-bond acceptors (Lipinski definition) is 4. The summed E-state index contributed by atoms with van der Waals surface area (Å²) in [6, 6.07) is 12.0. The number of anilines is 1. The van der Waals surface area contributed by atoms with Gasteiger partial charge in [0.25, 0.3) is 0 Å². The van der Waals surface area contributed by atoms with Crippen LogP contribution >= 0.6 is 0 Å². The summed E-state index contributed by atoms with van der Waals surface area (Å²) in [5, 5.41) is 6.66. The standard InChI is InChI=1S/C19H18FN3O2/c1-12-6-5-9-16(13(12)2)21-17(24)10-11-18-22-19(23-25-18)14-7-3-4-8-15(14)20/h3-9H,10-11H2,1-2H3,(H,21,24). The number of hydrogen-bond donors (Lipinski definition) is 1. The third kappa shape index (κ3) is 3.91. The second-order valence-electron chi connectivity index (χ2n) is 5.79. The van der Waals surface area contributed by atoms with Crippen LogP contribution in [0.2, 0.25) is 0 Å². The second-order valence-corrected chi connectivity index (χ2v) is 5.79. The van der Waals surface area contributed by atoms with Crippen molar-refractivity contribution >= 4 is 11.6 Å². The predicted octanol–water partition coefficient (Wildman–Crippen LogP) is 4.06. The number of nitrogens with zero attached hydrogens (tertiary/aromatic N) is 2. The van der Waals surface area contributed by atoms with E-state index < -0.39 is 5.82 Å². The van der Waals surface area contributed by atoms with Crippen LogP contribution in [0.25, 0.3) is 11.4 Å². The van der Waals surface area contributed by atoms with Gasteiger partial charge in [0, 0.05) is 18.5 Å². The first-order chi connectivity index (χ1) is 12.0. The summed E-state index contributed by atoms with van der Waals surface area (Å²) in [5.74, 6) is -0.0701. The normalized spacial score (nSPS) is 10.7. The zero-order valence-corrected chi connectivity index (χ0v) is 14.0. The third-order valence-electron chi connectivity index (χ3n) is 4.03. The molecule has 0 aliphatic heterocycles. The van der Waals surface area contributed by atoms with Crippen LogP contribution in [-0.4, -0.2) is 16.0 Å². The summed E-state index contributed by atoms with van der Waals surface area (Å²) >= 11 is 0. The first-order valence-corrected chi connectivity index (χ1v) is 7.98. The minimum Gasteiger partial charge on any atom is -0.339 e. The van der Waals surface area contributed by atoms with Gasteiger partial charge in [0.1, 0.15) is 5.82 Å². The molecule has 1 heterocycles. The lowest BCUT2D eigenvalue weighted by atomic mass is 10.1. The highest BCUT2D eigenvalue weighted by atomic mass is 19.1. The van der Waals surface area contributed by atoms with Gasteiger partial charge < -0.3 is 9.84 Å². The Kier molecular flexibility index (Phi) is 4.88. The van der Waals surface area contributed by atoms with E-state index in [1.165, 1.54) is 6.07 Å². The number of benzene rings is 2. The van der Waals surface area contributed by atoms with E-state index in [0.29, 0.717) is 5.89 Å². The monoisotopic (exact) mass is 339 g/mol. The molecule has 3 rings (SSSR count). The number of rotatable bonds is 5. The van der Waals surface area contributed by atoms with Gasteiger partial charge in [0.2, 0.25) is 17.6 Å². The highest BCUT2D eigenvalue weighted by molar-refractivity contribution is 5.91. The Bertz CT molecular complexity index is 905. The highest BCUT2D eigenvalue weighted by Gasteiger charge is 2.14. The first kappa shape index (κ1) is 16.8. The van der Waals surface area contributed by atoms with Crippen LogP contribution in [0.15, 0.2) is 47.0 Å². The molecule has 25 heavy (non-hydrogen) atoms. The summed E-state index contributed by atoms with van der Waals surface area (Å²) < 4.78 is 18.8. The quantitative estimate of drug-likeness (QED) is 0.761. The lowest BCUT2D eigenvalue weighted by Crippen LogP contribution is -2.13. The SMILES string of the molecule is Cc1cccc(NC(=O)CCc2nc(-c3ccccc3F)no2)c1C. The fourth-order valence-corrected chi connectivity index (χ4v) is 2.43. The average Bonchev–Trinajstić information content (AvgIpc) is 3.06. The van der Waals surface area contributed by atoms with Crippen LogP contribution < -0.4 is 5.32 Å². The van der Waals surface area contributed by atoms with Gasteiger partial charge in [-0.25, -0.2) is 4.39 Å². The molecule has 6 heteroatoms. The molecule has 0 saturated carbocycles. The van der Waals surface area contributed by atoms with Crippen molar-refractivity contribution in [1.82, 2.24) is 10.1 Å². The van der Waals surface area contributed by atoms with Gasteiger partial charge >= 0.3 is 0 Å². The lowest BCUT2D eigenvalue weighted by molar-refractivity contribution is -0.116. The summed E-state index contributed by atoms with van der Waals surface area (Å²) in [4.78, 5) is 16.3. The molecule has 0 unspecified atom stereocenters. The molecule has 1 aromatic heterocycles. The van der Waals surface area contributed by atoms with E-state index in [1.54, 1.807) is 18.2 Å². The number of carbonyl (C=O) groups is 1. The Hall–Kier alpha value is -3.02. The molecule has 5 nitrogen and oxygen atoms in total. The van der Waals surface area contributed by atoms with Crippen molar-refractivity contribution in [3.05, 3.63) is 65.3 Å². The van der Waals surface area contributed by atoms with Gasteiger partial charge in [-0.15, -0.1) is 0 Å². The lowest BCUT2D eigenvalue weighted by Gasteiger charge is -2.09. The van der Waals surface area contributed by atoms with Crippen LogP contribution in [-0.2, 0) is 11.2 Å². The maximum Gasteiger partial charge on any atom is 0.227 e. The molecule has 1 amide bonds. The molecular formula is C19H18FN3O2. The van der Waals surface area contributed by atoms with Gasteiger partial charge in [-0.2, -0.15) is 4.98 Å². The highest BCUT2D eigenvalue weighted by Crippen LogP contribution is 2.20. The van der Waals surface area contributed by atoms with Crippen molar-refractivity contribution in [1.29, 1.82) is 0 Å². The molecule has 0 atom stereocenters. The smallest absolute Gasteiger partial charge is 0.227 e. The van der Waals surface area contributed by atoms with E-state index in [1.807, 2.05) is 32.0 Å². The third-order valence-corrected chi connectivity index (χ3v) is 4.03. The van der Waals surface area contributed by atoms with E-state index in [-0.39, 0.29) is 30.1 Å². The first-order valence-electron chi connectivity index (χ1n) is 7.98. The second kappa shape index (κ2) is 7.25. The van der Waals surface area contributed by atoms with Crippen LogP contribution in [0.3, 0.4) is 0 Å². The molecule has 3 aromatic rings. The molecule has 0 fully saturated rings. The topological polar surface area (TPSA) is 68.0 Å². The Labute approximate surface area is 144 Å².